The molecule has 134 valence electrons. The molecule has 0 aliphatic carbocycles. The van der Waals surface area contributed by atoms with Gasteiger partial charge in [0, 0.05) is 62.2 Å². The van der Waals surface area contributed by atoms with Crippen LogP contribution in [0.15, 0.2) is 30.9 Å². The highest BCUT2D eigenvalue weighted by Gasteiger charge is 2.15. The van der Waals surface area contributed by atoms with Gasteiger partial charge in [-0.1, -0.05) is 0 Å². The van der Waals surface area contributed by atoms with Gasteiger partial charge in [-0.25, -0.2) is 24.9 Å². The van der Waals surface area contributed by atoms with Crippen molar-refractivity contribution in [2.24, 2.45) is 0 Å². The summed E-state index contributed by atoms with van der Waals surface area (Å²) in [4.78, 5) is 24.8. The fourth-order valence-corrected chi connectivity index (χ4v) is 3.40. The van der Waals surface area contributed by atoms with Gasteiger partial charge < -0.3 is 9.47 Å². The molecule has 0 aromatic carbocycles. The van der Waals surface area contributed by atoms with E-state index in [-0.39, 0.29) is 0 Å². The molecule has 0 bridgehead atoms. The summed E-state index contributed by atoms with van der Waals surface area (Å²) >= 11 is 0. The van der Waals surface area contributed by atoms with Crippen LogP contribution in [0.2, 0.25) is 0 Å². The SMILES string of the molecule is Cc1cc(C)nc(CCn2ccnc2-c2cnc(N3CCCC3)nc2)n1. The van der Waals surface area contributed by atoms with Crippen molar-refractivity contribution < 1.29 is 0 Å². The van der Waals surface area contributed by atoms with Crippen LogP contribution in [0.5, 0.6) is 0 Å². The Kier molecular flexibility index (Phi) is 4.60. The average molecular weight is 349 g/mol. The Morgan fingerprint density at radius 1 is 0.962 bits per heavy atom. The van der Waals surface area contributed by atoms with Gasteiger partial charge in [-0.2, -0.15) is 0 Å². The molecular formula is C19H23N7. The van der Waals surface area contributed by atoms with Crippen LogP contribution < -0.4 is 4.90 Å². The summed E-state index contributed by atoms with van der Waals surface area (Å²) in [7, 11) is 0. The largest absolute Gasteiger partial charge is 0.341 e. The third kappa shape index (κ3) is 3.56. The Bertz CT molecular complexity index is 859. The molecule has 4 heterocycles. The Balaban J connectivity index is 1.49. The number of rotatable bonds is 5. The lowest BCUT2D eigenvalue weighted by molar-refractivity contribution is 0.672. The third-order valence-corrected chi connectivity index (χ3v) is 4.61. The van der Waals surface area contributed by atoms with Gasteiger partial charge in [-0.15, -0.1) is 0 Å². The van der Waals surface area contributed by atoms with Crippen LogP contribution in [-0.2, 0) is 13.0 Å². The Morgan fingerprint density at radius 2 is 1.65 bits per heavy atom. The fraction of sp³-hybridized carbons (Fsp3) is 0.421. The van der Waals surface area contributed by atoms with Crippen LogP contribution in [-0.4, -0.2) is 42.6 Å². The van der Waals surface area contributed by atoms with E-state index in [1.165, 1.54) is 12.8 Å². The van der Waals surface area contributed by atoms with E-state index >= 15 is 0 Å². The molecule has 1 saturated heterocycles. The van der Waals surface area contributed by atoms with Gasteiger partial charge in [0.25, 0.3) is 0 Å². The molecule has 0 radical (unpaired) electrons. The predicted molar refractivity (Wildman–Crippen MR) is 99.9 cm³/mol. The zero-order valence-electron chi connectivity index (χ0n) is 15.3. The van der Waals surface area contributed by atoms with Crippen molar-refractivity contribution in [2.75, 3.05) is 18.0 Å². The van der Waals surface area contributed by atoms with E-state index in [1.807, 2.05) is 44.7 Å². The van der Waals surface area contributed by atoms with E-state index in [0.717, 1.165) is 60.6 Å². The van der Waals surface area contributed by atoms with E-state index in [4.69, 9.17) is 0 Å². The molecule has 3 aromatic rings. The number of nitrogens with zero attached hydrogens (tertiary/aromatic N) is 7. The van der Waals surface area contributed by atoms with Crippen molar-refractivity contribution in [3.8, 4) is 11.4 Å². The van der Waals surface area contributed by atoms with Crippen molar-refractivity contribution in [3.63, 3.8) is 0 Å². The van der Waals surface area contributed by atoms with E-state index in [1.54, 1.807) is 0 Å². The molecule has 1 aliphatic heterocycles. The topological polar surface area (TPSA) is 72.6 Å². The average Bonchev–Trinajstić information content (AvgIpc) is 3.31. The smallest absolute Gasteiger partial charge is 0.225 e. The molecule has 0 atom stereocenters. The second kappa shape index (κ2) is 7.19. The molecule has 7 nitrogen and oxygen atoms in total. The predicted octanol–water partition coefficient (Wildman–Crippen LogP) is 2.59. The normalized spacial score (nSPS) is 14.2. The lowest BCUT2D eigenvalue weighted by Crippen LogP contribution is -2.20. The van der Waals surface area contributed by atoms with Gasteiger partial charge in [-0.3, -0.25) is 0 Å². The quantitative estimate of drug-likeness (QED) is 0.705. The first-order valence-electron chi connectivity index (χ1n) is 9.09. The summed E-state index contributed by atoms with van der Waals surface area (Å²) in [5.74, 6) is 2.55. The van der Waals surface area contributed by atoms with Crippen LogP contribution in [0.1, 0.15) is 30.1 Å². The third-order valence-electron chi connectivity index (χ3n) is 4.61. The monoisotopic (exact) mass is 349 g/mol. The van der Waals surface area contributed by atoms with Crippen LogP contribution in [0.25, 0.3) is 11.4 Å². The Hall–Kier alpha value is -2.83. The van der Waals surface area contributed by atoms with E-state index in [0.29, 0.717) is 0 Å². The van der Waals surface area contributed by atoms with E-state index in [2.05, 4.69) is 34.4 Å². The highest BCUT2D eigenvalue weighted by molar-refractivity contribution is 5.54. The van der Waals surface area contributed by atoms with Crippen LogP contribution in [0.3, 0.4) is 0 Å². The number of hydrogen-bond donors (Lipinski definition) is 0. The second-order valence-electron chi connectivity index (χ2n) is 6.73. The van der Waals surface area contributed by atoms with Gasteiger partial charge in [0.2, 0.25) is 5.95 Å². The van der Waals surface area contributed by atoms with Crippen LogP contribution in [0, 0.1) is 13.8 Å². The van der Waals surface area contributed by atoms with Crippen molar-refractivity contribution in [2.45, 2.75) is 39.7 Å². The summed E-state index contributed by atoms with van der Waals surface area (Å²) in [6.45, 7) is 6.86. The molecular weight excluding hydrogens is 326 g/mol. The molecule has 4 rings (SSSR count). The van der Waals surface area contributed by atoms with Gasteiger partial charge in [0.05, 0.1) is 5.56 Å². The molecule has 0 spiro atoms. The van der Waals surface area contributed by atoms with Crippen molar-refractivity contribution in [1.29, 1.82) is 0 Å². The standard InChI is InChI=1S/C19H23N7/c1-14-11-15(2)24-17(23-14)5-9-25-10-6-20-18(25)16-12-21-19(22-13-16)26-7-3-4-8-26/h6,10-13H,3-5,7-9H2,1-2H3. The minimum atomic E-state index is 0.762. The minimum absolute atomic E-state index is 0.762. The maximum absolute atomic E-state index is 4.54. The first-order chi connectivity index (χ1) is 12.7. The van der Waals surface area contributed by atoms with Crippen molar-refractivity contribution >= 4 is 5.95 Å². The number of hydrogen-bond acceptors (Lipinski definition) is 6. The fourth-order valence-electron chi connectivity index (χ4n) is 3.40. The lowest BCUT2D eigenvalue weighted by atomic mass is 10.3. The number of imidazole rings is 1. The molecule has 26 heavy (non-hydrogen) atoms. The van der Waals surface area contributed by atoms with Gasteiger partial charge in [-0.05, 0) is 32.8 Å². The number of anilines is 1. The molecule has 1 fully saturated rings. The van der Waals surface area contributed by atoms with Crippen molar-refractivity contribution in [3.05, 3.63) is 48.1 Å². The zero-order chi connectivity index (χ0) is 17.9. The summed E-state index contributed by atoms with van der Waals surface area (Å²) in [5, 5.41) is 0. The molecule has 0 amide bonds. The number of aromatic nitrogens is 6. The molecule has 7 heteroatoms. The van der Waals surface area contributed by atoms with Gasteiger partial charge >= 0.3 is 0 Å². The van der Waals surface area contributed by atoms with Gasteiger partial charge in [0.1, 0.15) is 11.6 Å². The molecule has 3 aromatic heterocycles. The Labute approximate surface area is 153 Å². The Morgan fingerprint density at radius 3 is 2.35 bits per heavy atom. The first-order valence-corrected chi connectivity index (χ1v) is 9.09. The van der Waals surface area contributed by atoms with Crippen LogP contribution >= 0.6 is 0 Å². The number of aryl methyl sites for hydroxylation is 4. The molecule has 0 unspecified atom stereocenters. The summed E-state index contributed by atoms with van der Waals surface area (Å²) in [5.41, 5.74) is 2.94. The van der Waals surface area contributed by atoms with Crippen molar-refractivity contribution in [1.82, 2.24) is 29.5 Å². The summed E-state index contributed by atoms with van der Waals surface area (Å²) < 4.78 is 2.11. The minimum Gasteiger partial charge on any atom is -0.341 e. The second-order valence-corrected chi connectivity index (χ2v) is 6.73. The molecule has 0 N–H and O–H groups in total. The highest BCUT2D eigenvalue weighted by atomic mass is 15.3. The molecule has 0 saturated carbocycles. The highest BCUT2D eigenvalue weighted by Crippen LogP contribution is 2.20. The van der Waals surface area contributed by atoms with E-state index < -0.39 is 0 Å². The van der Waals surface area contributed by atoms with Gasteiger partial charge in [0.15, 0.2) is 0 Å². The summed E-state index contributed by atoms with van der Waals surface area (Å²) in [6.07, 6.45) is 10.7. The molecule has 1 aliphatic rings. The first kappa shape index (κ1) is 16.6. The lowest BCUT2D eigenvalue weighted by Gasteiger charge is -2.14. The maximum atomic E-state index is 4.54. The van der Waals surface area contributed by atoms with Crippen LogP contribution in [0.4, 0.5) is 5.95 Å². The maximum Gasteiger partial charge on any atom is 0.225 e. The zero-order valence-corrected chi connectivity index (χ0v) is 15.3. The van der Waals surface area contributed by atoms with E-state index in [9.17, 15) is 0 Å². The summed E-state index contributed by atoms with van der Waals surface area (Å²) in [6, 6.07) is 1.99.